The van der Waals surface area contributed by atoms with Crippen LogP contribution < -0.4 is 0 Å². The van der Waals surface area contributed by atoms with Crippen LogP contribution in [0, 0.1) is 6.92 Å². The Balaban J connectivity index is 3.26. The highest BCUT2D eigenvalue weighted by Crippen LogP contribution is 1.91. The van der Waals surface area contributed by atoms with Crippen LogP contribution >= 0.6 is 0 Å². The highest BCUT2D eigenvalue weighted by molar-refractivity contribution is 4.97. The van der Waals surface area contributed by atoms with Crippen molar-refractivity contribution in [3.05, 3.63) is 19.1 Å². The molecule has 0 saturated heterocycles. The van der Waals surface area contributed by atoms with Crippen molar-refractivity contribution in [3.8, 4) is 0 Å². The molecule has 0 heterocycles. The molecule has 6 heavy (non-hydrogen) atoms. The maximum atomic E-state index is 8.42. The van der Waals surface area contributed by atoms with E-state index in [0.717, 1.165) is 0 Å². The van der Waals surface area contributed by atoms with Gasteiger partial charge in [0.25, 0.3) is 0 Å². The second-order valence-electron chi connectivity index (χ2n) is 1.36. The number of hydrogen-bond donors (Lipinski definition) is 1. The summed E-state index contributed by atoms with van der Waals surface area (Å²) in [6.45, 7) is 8.47. The molecule has 0 amide bonds. The molecular weight excluding hydrogens is 76.1 g/mol. The molecule has 1 radical (unpaired) electrons. The standard InChI is InChI=1S/C5H9O/c1-4(2)5(3)6/h5-6H,1,3H2,2H3. The van der Waals surface area contributed by atoms with Gasteiger partial charge in [0.15, 0.2) is 0 Å². The minimum Gasteiger partial charge on any atom is -0.389 e. The highest BCUT2D eigenvalue weighted by atomic mass is 16.3. The molecule has 0 aromatic carbocycles. The summed E-state index contributed by atoms with van der Waals surface area (Å²) in [6, 6.07) is 0. The summed E-state index contributed by atoms with van der Waals surface area (Å²) in [5.41, 5.74) is 0.704. The SMILES string of the molecule is [CH2]C(O)C(=C)C. The molecule has 0 aromatic heterocycles. The molecule has 0 aliphatic carbocycles. The minimum absolute atomic E-state index is 0.593. The van der Waals surface area contributed by atoms with Crippen molar-refractivity contribution >= 4 is 0 Å². The van der Waals surface area contributed by atoms with Crippen molar-refractivity contribution < 1.29 is 5.11 Å². The third-order valence-corrected chi connectivity index (χ3v) is 0.569. The Morgan fingerprint density at radius 2 is 2.00 bits per heavy atom. The Morgan fingerprint density at radius 1 is 1.83 bits per heavy atom. The van der Waals surface area contributed by atoms with E-state index < -0.39 is 6.10 Å². The van der Waals surface area contributed by atoms with Crippen LogP contribution in [0.4, 0.5) is 0 Å². The fourth-order valence-corrected chi connectivity index (χ4v) is 0. The van der Waals surface area contributed by atoms with Gasteiger partial charge in [0.1, 0.15) is 0 Å². The molecule has 1 unspecified atom stereocenters. The summed E-state index contributed by atoms with van der Waals surface area (Å²) in [5, 5.41) is 8.42. The first-order valence-corrected chi connectivity index (χ1v) is 1.81. The predicted molar refractivity (Wildman–Crippen MR) is 26.2 cm³/mol. The molecule has 0 saturated carbocycles. The predicted octanol–water partition coefficient (Wildman–Crippen LogP) is 0.757. The molecule has 1 heteroatoms. The monoisotopic (exact) mass is 85.1 g/mol. The normalized spacial score (nSPS) is 13.8. The number of aliphatic hydroxyl groups excluding tert-OH is 1. The Hall–Kier alpha value is -0.300. The first-order valence-electron chi connectivity index (χ1n) is 1.81. The minimum atomic E-state index is -0.593. The molecule has 0 aromatic rings. The van der Waals surface area contributed by atoms with Crippen LogP contribution in [0.2, 0.25) is 0 Å². The summed E-state index contributed by atoms with van der Waals surface area (Å²) in [4.78, 5) is 0. The van der Waals surface area contributed by atoms with Gasteiger partial charge in [0.2, 0.25) is 0 Å². The zero-order valence-electron chi connectivity index (χ0n) is 3.94. The molecule has 35 valence electrons. The molecule has 0 aliphatic rings. The third kappa shape index (κ3) is 1.97. The van der Waals surface area contributed by atoms with Gasteiger partial charge in [0.05, 0.1) is 6.10 Å². The summed E-state index contributed by atoms with van der Waals surface area (Å²) in [5.74, 6) is 0. The Kier molecular flexibility index (Phi) is 1.88. The van der Waals surface area contributed by atoms with E-state index in [0.29, 0.717) is 5.57 Å². The molecule has 1 N–H and O–H groups in total. The molecule has 0 aliphatic heterocycles. The number of aliphatic hydroxyl groups is 1. The van der Waals surface area contributed by atoms with Gasteiger partial charge in [0, 0.05) is 0 Å². The van der Waals surface area contributed by atoms with Gasteiger partial charge in [-0.2, -0.15) is 0 Å². The fraction of sp³-hybridized carbons (Fsp3) is 0.400. The van der Waals surface area contributed by atoms with Crippen molar-refractivity contribution in [1.82, 2.24) is 0 Å². The number of hydrogen-bond acceptors (Lipinski definition) is 1. The van der Waals surface area contributed by atoms with Crippen molar-refractivity contribution in [2.45, 2.75) is 13.0 Å². The largest absolute Gasteiger partial charge is 0.389 e. The molecule has 1 nitrogen and oxygen atoms in total. The van der Waals surface area contributed by atoms with Crippen molar-refractivity contribution in [3.63, 3.8) is 0 Å². The Morgan fingerprint density at radius 3 is 2.00 bits per heavy atom. The van der Waals surface area contributed by atoms with Crippen molar-refractivity contribution in [2.75, 3.05) is 0 Å². The molecular formula is C5H9O. The fourth-order valence-electron chi connectivity index (χ4n) is 0. The average molecular weight is 85.1 g/mol. The van der Waals surface area contributed by atoms with E-state index in [1.807, 2.05) is 0 Å². The first-order chi connectivity index (χ1) is 2.64. The van der Waals surface area contributed by atoms with E-state index in [-0.39, 0.29) is 0 Å². The Bertz CT molecular complexity index is 55.0. The molecule has 0 bridgehead atoms. The van der Waals surface area contributed by atoms with E-state index >= 15 is 0 Å². The van der Waals surface area contributed by atoms with Crippen LogP contribution in [0.5, 0.6) is 0 Å². The molecule has 0 spiro atoms. The zero-order chi connectivity index (χ0) is 5.15. The summed E-state index contributed by atoms with van der Waals surface area (Å²) < 4.78 is 0. The van der Waals surface area contributed by atoms with E-state index in [4.69, 9.17) is 5.11 Å². The van der Waals surface area contributed by atoms with Crippen molar-refractivity contribution in [2.24, 2.45) is 0 Å². The van der Waals surface area contributed by atoms with E-state index in [1.54, 1.807) is 6.92 Å². The number of rotatable bonds is 1. The van der Waals surface area contributed by atoms with Gasteiger partial charge in [-0.1, -0.05) is 12.2 Å². The van der Waals surface area contributed by atoms with Gasteiger partial charge in [-0.05, 0) is 13.8 Å². The lowest BCUT2D eigenvalue weighted by Gasteiger charge is -1.96. The van der Waals surface area contributed by atoms with Crippen LogP contribution in [-0.4, -0.2) is 11.2 Å². The topological polar surface area (TPSA) is 20.2 Å². The van der Waals surface area contributed by atoms with Crippen LogP contribution in [0.3, 0.4) is 0 Å². The lowest BCUT2D eigenvalue weighted by atomic mass is 10.2. The lowest BCUT2D eigenvalue weighted by Crippen LogP contribution is -1.98. The summed E-state index contributed by atoms with van der Waals surface area (Å²) in [7, 11) is 0. The molecule has 0 fully saturated rings. The van der Waals surface area contributed by atoms with Crippen LogP contribution in [-0.2, 0) is 0 Å². The summed E-state index contributed by atoms with van der Waals surface area (Å²) >= 11 is 0. The zero-order valence-corrected chi connectivity index (χ0v) is 3.94. The first kappa shape index (κ1) is 5.70. The molecule has 1 atom stereocenters. The van der Waals surface area contributed by atoms with E-state index in [2.05, 4.69) is 13.5 Å². The van der Waals surface area contributed by atoms with Crippen LogP contribution in [0.15, 0.2) is 12.2 Å². The third-order valence-electron chi connectivity index (χ3n) is 0.569. The second-order valence-corrected chi connectivity index (χ2v) is 1.36. The summed E-state index contributed by atoms with van der Waals surface area (Å²) in [6.07, 6.45) is -0.593. The van der Waals surface area contributed by atoms with Gasteiger partial charge in [-0.3, -0.25) is 0 Å². The quantitative estimate of drug-likeness (QED) is 0.466. The average Bonchev–Trinajstić information content (AvgIpc) is 1.36. The van der Waals surface area contributed by atoms with Crippen LogP contribution in [0.25, 0.3) is 0 Å². The lowest BCUT2D eigenvalue weighted by molar-refractivity contribution is 0.257. The van der Waals surface area contributed by atoms with Gasteiger partial charge < -0.3 is 5.11 Å². The Labute approximate surface area is 38.3 Å². The van der Waals surface area contributed by atoms with E-state index in [1.165, 1.54) is 0 Å². The van der Waals surface area contributed by atoms with Crippen LogP contribution in [0.1, 0.15) is 6.92 Å². The smallest absolute Gasteiger partial charge is 0.0745 e. The maximum Gasteiger partial charge on any atom is 0.0745 e. The second kappa shape index (κ2) is 1.98. The highest BCUT2D eigenvalue weighted by Gasteiger charge is 1.89. The van der Waals surface area contributed by atoms with Crippen molar-refractivity contribution in [1.29, 1.82) is 0 Å². The maximum absolute atomic E-state index is 8.42. The van der Waals surface area contributed by atoms with Gasteiger partial charge >= 0.3 is 0 Å². The molecule has 0 rings (SSSR count). The van der Waals surface area contributed by atoms with E-state index in [9.17, 15) is 0 Å². The van der Waals surface area contributed by atoms with Gasteiger partial charge in [-0.15, -0.1) is 0 Å². The van der Waals surface area contributed by atoms with Gasteiger partial charge in [-0.25, -0.2) is 0 Å².